The molecule has 118 valence electrons. The van der Waals surface area contributed by atoms with E-state index >= 15 is 0 Å². The van der Waals surface area contributed by atoms with Gasteiger partial charge >= 0.3 is 0 Å². The molecule has 1 amide bonds. The van der Waals surface area contributed by atoms with Crippen molar-refractivity contribution in [3.63, 3.8) is 0 Å². The first kappa shape index (κ1) is 17.3. The molecule has 0 aliphatic rings. The lowest BCUT2D eigenvalue weighted by Gasteiger charge is -2.17. The van der Waals surface area contributed by atoms with E-state index in [4.69, 9.17) is 9.47 Å². The Bertz CT molecular complexity index is 449. The molecule has 0 unspecified atom stereocenters. The molecule has 0 saturated heterocycles. The summed E-state index contributed by atoms with van der Waals surface area (Å²) in [6.07, 6.45) is 1.08. The van der Waals surface area contributed by atoms with Crippen LogP contribution < -0.4 is 14.8 Å². The number of carbonyl (C=O) groups is 1. The summed E-state index contributed by atoms with van der Waals surface area (Å²) in [5.74, 6) is 1.38. The molecule has 0 aliphatic carbocycles. The van der Waals surface area contributed by atoms with Gasteiger partial charge in [0.25, 0.3) is 5.91 Å². The van der Waals surface area contributed by atoms with Gasteiger partial charge in [0.15, 0.2) is 6.61 Å². The van der Waals surface area contributed by atoms with Gasteiger partial charge in [-0.3, -0.25) is 4.79 Å². The zero-order valence-corrected chi connectivity index (χ0v) is 13.4. The van der Waals surface area contributed by atoms with E-state index in [2.05, 4.69) is 12.2 Å². The molecule has 1 aromatic carbocycles. The lowest BCUT2D eigenvalue weighted by molar-refractivity contribution is -0.131. The summed E-state index contributed by atoms with van der Waals surface area (Å²) in [5, 5.41) is 3.33. The quantitative estimate of drug-likeness (QED) is 0.708. The summed E-state index contributed by atoms with van der Waals surface area (Å²) in [4.78, 5) is 13.5. The zero-order valence-electron chi connectivity index (χ0n) is 13.4. The van der Waals surface area contributed by atoms with Gasteiger partial charge in [-0.15, -0.1) is 0 Å². The number of carbonyl (C=O) groups excluding carboxylic acids is 1. The number of hydrogen-bond acceptors (Lipinski definition) is 4. The second-order valence-corrected chi connectivity index (χ2v) is 4.85. The third-order valence-electron chi connectivity index (χ3n) is 3.27. The van der Waals surface area contributed by atoms with Crippen LogP contribution in [-0.4, -0.2) is 44.7 Å². The van der Waals surface area contributed by atoms with Crippen molar-refractivity contribution >= 4 is 5.91 Å². The maximum absolute atomic E-state index is 11.8. The number of likely N-dealkylation sites (N-methyl/N-ethyl adjacent to an activating group) is 1. The number of methoxy groups -OCH3 is 1. The lowest BCUT2D eigenvalue weighted by Crippen LogP contribution is -2.31. The standard InChI is InChI=1S/C16H26N2O3/c1-5-9-17-11-13-7-8-14(20-4)10-15(13)21-12-16(19)18(3)6-2/h7-8,10,17H,5-6,9,11-12H2,1-4H3. The van der Waals surface area contributed by atoms with E-state index < -0.39 is 0 Å². The summed E-state index contributed by atoms with van der Waals surface area (Å²) < 4.78 is 10.9. The molecule has 21 heavy (non-hydrogen) atoms. The second-order valence-electron chi connectivity index (χ2n) is 4.85. The number of rotatable bonds is 9. The SMILES string of the molecule is CCCNCc1ccc(OC)cc1OCC(=O)N(C)CC. The number of benzene rings is 1. The number of hydrogen-bond donors (Lipinski definition) is 1. The molecule has 5 nitrogen and oxygen atoms in total. The predicted molar refractivity (Wildman–Crippen MR) is 83.8 cm³/mol. The van der Waals surface area contributed by atoms with E-state index in [-0.39, 0.29) is 12.5 Å². The summed E-state index contributed by atoms with van der Waals surface area (Å²) >= 11 is 0. The molecule has 1 rings (SSSR count). The first-order valence-electron chi connectivity index (χ1n) is 7.36. The van der Waals surface area contributed by atoms with E-state index in [0.717, 1.165) is 24.3 Å². The smallest absolute Gasteiger partial charge is 0.260 e. The molecule has 0 atom stereocenters. The highest BCUT2D eigenvalue weighted by atomic mass is 16.5. The summed E-state index contributed by atoms with van der Waals surface area (Å²) in [6.45, 7) is 6.43. The Balaban J connectivity index is 2.73. The van der Waals surface area contributed by atoms with Crippen LogP contribution in [0.3, 0.4) is 0 Å². The second kappa shape index (κ2) is 9.23. The largest absolute Gasteiger partial charge is 0.497 e. The molecule has 1 N–H and O–H groups in total. The molecular weight excluding hydrogens is 268 g/mol. The van der Waals surface area contributed by atoms with Gasteiger partial charge in [-0.05, 0) is 26.0 Å². The van der Waals surface area contributed by atoms with Gasteiger partial charge in [0, 0.05) is 31.8 Å². The highest BCUT2D eigenvalue weighted by Crippen LogP contribution is 2.25. The Labute approximate surface area is 127 Å². The van der Waals surface area contributed by atoms with Crippen LogP contribution in [0, 0.1) is 0 Å². The van der Waals surface area contributed by atoms with Crippen LogP contribution in [0.5, 0.6) is 11.5 Å². The topological polar surface area (TPSA) is 50.8 Å². The van der Waals surface area contributed by atoms with Gasteiger partial charge in [-0.25, -0.2) is 0 Å². The van der Waals surface area contributed by atoms with Gasteiger partial charge in [0.2, 0.25) is 0 Å². The number of ether oxygens (including phenoxy) is 2. The van der Waals surface area contributed by atoms with Gasteiger partial charge in [0.05, 0.1) is 7.11 Å². The third kappa shape index (κ3) is 5.63. The van der Waals surface area contributed by atoms with Crippen LogP contribution >= 0.6 is 0 Å². The molecular formula is C16H26N2O3. The van der Waals surface area contributed by atoms with Gasteiger partial charge in [-0.2, -0.15) is 0 Å². The van der Waals surface area contributed by atoms with Crippen molar-refractivity contribution in [1.29, 1.82) is 0 Å². The van der Waals surface area contributed by atoms with Crippen LogP contribution in [0.1, 0.15) is 25.8 Å². The molecule has 0 fully saturated rings. The van der Waals surface area contributed by atoms with E-state index in [0.29, 0.717) is 18.8 Å². The van der Waals surface area contributed by atoms with E-state index in [9.17, 15) is 4.79 Å². The predicted octanol–water partition coefficient (Wildman–Crippen LogP) is 2.05. The van der Waals surface area contributed by atoms with E-state index in [1.807, 2.05) is 25.1 Å². The van der Waals surface area contributed by atoms with Crippen molar-refractivity contribution in [2.45, 2.75) is 26.8 Å². The Morgan fingerprint density at radius 3 is 2.71 bits per heavy atom. The molecule has 0 aliphatic heterocycles. The number of amides is 1. The Morgan fingerprint density at radius 2 is 2.10 bits per heavy atom. The normalized spacial score (nSPS) is 10.3. The first-order chi connectivity index (χ1) is 10.1. The van der Waals surface area contributed by atoms with Crippen LogP contribution in [0.25, 0.3) is 0 Å². The average molecular weight is 294 g/mol. The monoisotopic (exact) mass is 294 g/mol. The van der Waals surface area contributed by atoms with Crippen LogP contribution in [-0.2, 0) is 11.3 Å². The van der Waals surface area contributed by atoms with Crippen molar-refractivity contribution in [3.05, 3.63) is 23.8 Å². The number of nitrogens with one attached hydrogen (secondary N) is 1. The molecule has 0 aromatic heterocycles. The van der Waals surface area contributed by atoms with Crippen molar-refractivity contribution in [1.82, 2.24) is 10.2 Å². The summed E-state index contributed by atoms with van der Waals surface area (Å²) in [6, 6.07) is 5.68. The summed E-state index contributed by atoms with van der Waals surface area (Å²) in [5.41, 5.74) is 1.02. The average Bonchev–Trinajstić information content (AvgIpc) is 2.52. The Kier molecular flexibility index (Phi) is 7.61. The molecule has 0 spiro atoms. The minimum Gasteiger partial charge on any atom is -0.497 e. The van der Waals surface area contributed by atoms with Crippen molar-refractivity contribution in [3.8, 4) is 11.5 Å². The molecule has 0 radical (unpaired) electrons. The Morgan fingerprint density at radius 1 is 1.33 bits per heavy atom. The minimum absolute atomic E-state index is 0.0345. The number of nitrogens with zero attached hydrogens (tertiary/aromatic N) is 1. The van der Waals surface area contributed by atoms with Crippen molar-refractivity contribution in [2.24, 2.45) is 0 Å². The fraction of sp³-hybridized carbons (Fsp3) is 0.562. The van der Waals surface area contributed by atoms with Gasteiger partial charge in [0.1, 0.15) is 11.5 Å². The van der Waals surface area contributed by atoms with E-state index in [1.54, 1.807) is 19.1 Å². The van der Waals surface area contributed by atoms with Crippen LogP contribution in [0.4, 0.5) is 0 Å². The minimum atomic E-state index is -0.0345. The first-order valence-corrected chi connectivity index (χ1v) is 7.36. The highest BCUT2D eigenvalue weighted by Gasteiger charge is 2.11. The molecule has 0 bridgehead atoms. The molecule has 1 aromatic rings. The lowest BCUT2D eigenvalue weighted by atomic mass is 10.2. The van der Waals surface area contributed by atoms with Crippen molar-refractivity contribution in [2.75, 3.05) is 33.9 Å². The third-order valence-corrected chi connectivity index (χ3v) is 3.27. The van der Waals surface area contributed by atoms with Gasteiger partial charge < -0.3 is 19.7 Å². The molecule has 0 heterocycles. The van der Waals surface area contributed by atoms with Crippen molar-refractivity contribution < 1.29 is 14.3 Å². The Hall–Kier alpha value is -1.75. The van der Waals surface area contributed by atoms with Crippen LogP contribution in [0.15, 0.2) is 18.2 Å². The maximum atomic E-state index is 11.8. The van der Waals surface area contributed by atoms with Crippen LogP contribution in [0.2, 0.25) is 0 Å². The van der Waals surface area contributed by atoms with Gasteiger partial charge in [-0.1, -0.05) is 13.0 Å². The zero-order chi connectivity index (χ0) is 15.7. The molecule has 5 heteroatoms. The molecule has 0 saturated carbocycles. The highest BCUT2D eigenvalue weighted by molar-refractivity contribution is 5.77. The van der Waals surface area contributed by atoms with E-state index in [1.165, 1.54) is 0 Å². The summed E-state index contributed by atoms with van der Waals surface area (Å²) in [7, 11) is 3.38. The maximum Gasteiger partial charge on any atom is 0.260 e. The fourth-order valence-corrected chi connectivity index (χ4v) is 1.77. The fourth-order valence-electron chi connectivity index (χ4n) is 1.77.